The average molecular weight is 428 g/mol. The Hall–Kier alpha value is -2.83. The van der Waals surface area contributed by atoms with Crippen molar-refractivity contribution >= 4 is 40.1 Å². The van der Waals surface area contributed by atoms with Gasteiger partial charge in [-0.15, -0.1) is 0 Å². The van der Waals surface area contributed by atoms with Gasteiger partial charge in [0.1, 0.15) is 5.82 Å². The number of nitrogens with one attached hydrogen (secondary N) is 1. The fraction of sp³-hybridized carbons (Fsp3) is 0.190. The first-order valence-electron chi connectivity index (χ1n) is 9.30. The number of nitrogens with zero attached hydrogens (tertiary/aromatic N) is 4. The van der Waals surface area contributed by atoms with Crippen LogP contribution in [0.1, 0.15) is 23.2 Å². The van der Waals surface area contributed by atoms with Crippen LogP contribution < -0.4 is 5.32 Å². The number of para-hydroxylation sites is 2. The Balaban J connectivity index is 1.42. The summed E-state index contributed by atoms with van der Waals surface area (Å²) in [7, 11) is 0. The highest BCUT2D eigenvalue weighted by molar-refractivity contribution is 6.42. The molecule has 6 nitrogen and oxygen atoms in total. The first kappa shape index (κ1) is 19.5. The molecule has 0 spiro atoms. The van der Waals surface area contributed by atoms with Gasteiger partial charge >= 0.3 is 0 Å². The van der Waals surface area contributed by atoms with Crippen molar-refractivity contribution in [3.05, 3.63) is 76.3 Å². The topological polar surface area (TPSA) is 64.7 Å². The lowest BCUT2D eigenvalue weighted by Crippen LogP contribution is -2.27. The molecule has 1 amide bonds. The van der Waals surface area contributed by atoms with Crippen LogP contribution in [0.25, 0.3) is 16.7 Å². The van der Waals surface area contributed by atoms with E-state index in [1.807, 2.05) is 18.2 Å². The number of aryl methyl sites for hydroxylation is 1. The Morgan fingerprint density at radius 3 is 2.72 bits per heavy atom. The molecule has 2 aromatic heterocycles. The maximum absolute atomic E-state index is 12.5. The zero-order chi connectivity index (χ0) is 20.4. The predicted molar refractivity (Wildman–Crippen MR) is 115 cm³/mol. The van der Waals surface area contributed by atoms with Crippen molar-refractivity contribution in [1.82, 2.24) is 24.6 Å². The van der Waals surface area contributed by atoms with E-state index in [2.05, 4.69) is 33.0 Å². The van der Waals surface area contributed by atoms with E-state index in [1.165, 1.54) is 0 Å². The Morgan fingerprint density at radius 2 is 1.93 bits per heavy atom. The van der Waals surface area contributed by atoms with E-state index in [9.17, 15) is 4.79 Å². The van der Waals surface area contributed by atoms with Crippen LogP contribution in [-0.2, 0) is 13.0 Å². The van der Waals surface area contributed by atoms with Crippen LogP contribution >= 0.6 is 23.2 Å². The van der Waals surface area contributed by atoms with Gasteiger partial charge in [0.25, 0.3) is 5.91 Å². The van der Waals surface area contributed by atoms with Gasteiger partial charge in [-0.25, -0.2) is 9.67 Å². The molecule has 0 saturated carbocycles. The van der Waals surface area contributed by atoms with Crippen LogP contribution in [0.3, 0.4) is 0 Å². The molecular weight excluding hydrogens is 409 g/mol. The van der Waals surface area contributed by atoms with E-state index < -0.39 is 0 Å². The highest BCUT2D eigenvalue weighted by atomic mass is 35.5. The van der Waals surface area contributed by atoms with E-state index in [4.69, 9.17) is 23.2 Å². The lowest BCUT2D eigenvalue weighted by Gasteiger charge is -2.07. The highest BCUT2D eigenvalue weighted by Crippen LogP contribution is 2.24. The number of hydrogen-bond donors (Lipinski definition) is 1. The molecule has 4 aromatic rings. The molecule has 0 aliphatic carbocycles. The van der Waals surface area contributed by atoms with E-state index in [1.54, 1.807) is 35.1 Å². The molecule has 2 heterocycles. The van der Waals surface area contributed by atoms with Crippen molar-refractivity contribution in [2.45, 2.75) is 19.9 Å². The number of fused-ring (bicyclic) bond motifs is 1. The third kappa shape index (κ3) is 3.99. The first-order valence-corrected chi connectivity index (χ1v) is 10.1. The lowest BCUT2D eigenvalue weighted by atomic mass is 10.3. The van der Waals surface area contributed by atoms with Crippen LogP contribution in [0.4, 0.5) is 0 Å². The normalized spacial score (nSPS) is 11.1. The number of amides is 1. The molecule has 148 valence electrons. The quantitative estimate of drug-likeness (QED) is 0.491. The second-order valence-corrected chi connectivity index (χ2v) is 7.33. The van der Waals surface area contributed by atoms with Gasteiger partial charge < -0.3 is 9.88 Å². The van der Waals surface area contributed by atoms with Crippen LogP contribution in [0.5, 0.6) is 0 Å². The highest BCUT2D eigenvalue weighted by Gasteiger charge is 2.13. The zero-order valence-corrected chi connectivity index (χ0v) is 17.3. The Kier molecular flexibility index (Phi) is 5.56. The molecule has 0 saturated heterocycles. The molecule has 8 heteroatoms. The first-order chi connectivity index (χ1) is 14.1. The monoisotopic (exact) mass is 427 g/mol. The molecule has 0 unspecified atom stereocenters. The average Bonchev–Trinajstić information content (AvgIpc) is 3.34. The van der Waals surface area contributed by atoms with Crippen LogP contribution in [-0.4, -0.2) is 31.8 Å². The molecule has 0 fully saturated rings. The van der Waals surface area contributed by atoms with Gasteiger partial charge in [0.15, 0.2) is 5.69 Å². The van der Waals surface area contributed by atoms with E-state index in [0.29, 0.717) is 28.7 Å². The van der Waals surface area contributed by atoms with Crippen molar-refractivity contribution < 1.29 is 4.79 Å². The van der Waals surface area contributed by atoms with Crippen LogP contribution in [0.15, 0.2) is 54.7 Å². The minimum absolute atomic E-state index is 0.233. The minimum Gasteiger partial charge on any atom is -0.350 e. The number of rotatable bonds is 6. The summed E-state index contributed by atoms with van der Waals surface area (Å²) in [5, 5.41) is 8.15. The summed E-state index contributed by atoms with van der Waals surface area (Å²) in [6.45, 7) is 3.39. The standard InChI is InChI=1S/C21H19Cl2N5O/c1-2-27-19-6-4-3-5-17(19)25-20(27)9-11-24-21(29)18-10-12-28(26-18)14-7-8-15(22)16(23)13-14/h3-8,10,12-13H,2,9,11H2,1H3,(H,24,29). The third-order valence-electron chi connectivity index (χ3n) is 4.67. The van der Waals surface area contributed by atoms with Crippen molar-refractivity contribution in [2.24, 2.45) is 0 Å². The van der Waals surface area contributed by atoms with Crippen LogP contribution in [0.2, 0.25) is 10.0 Å². The second kappa shape index (κ2) is 8.27. The summed E-state index contributed by atoms with van der Waals surface area (Å²) < 4.78 is 3.76. The number of benzene rings is 2. The van der Waals surface area contributed by atoms with Gasteiger partial charge in [-0.2, -0.15) is 5.10 Å². The lowest BCUT2D eigenvalue weighted by molar-refractivity contribution is 0.0948. The Morgan fingerprint density at radius 1 is 1.10 bits per heavy atom. The second-order valence-electron chi connectivity index (χ2n) is 6.51. The minimum atomic E-state index is -0.233. The summed E-state index contributed by atoms with van der Waals surface area (Å²) in [6.07, 6.45) is 2.35. The number of aromatic nitrogens is 4. The SMILES string of the molecule is CCn1c(CCNC(=O)c2ccn(-c3ccc(Cl)c(Cl)c3)n2)nc2ccccc21. The molecule has 29 heavy (non-hydrogen) atoms. The number of hydrogen-bond acceptors (Lipinski definition) is 3. The molecule has 0 aliphatic heterocycles. The largest absolute Gasteiger partial charge is 0.350 e. The van der Waals surface area contributed by atoms with Gasteiger partial charge in [0.2, 0.25) is 0 Å². The van der Waals surface area contributed by atoms with Gasteiger partial charge in [-0.05, 0) is 43.3 Å². The number of imidazole rings is 1. The van der Waals surface area contributed by atoms with Crippen molar-refractivity contribution in [2.75, 3.05) is 6.54 Å². The van der Waals surface area contributed by atoms with E-state index in [-0.39, 0.29) is 5.91 Å². The maximum atomic E-state index is 12.5. The van der Waals surface area contributed by atoms with Gasteiger partial charge in [-0.3, -0.25) is 4.79 Å². The predicted octanol–water partition coefficient (Wildman–Crippen LogP) is 4.52. The molecule has 0 atom stereocenters. The third-order valence-corrected chi connectivity index (χ3v) is 5.41. The summed E-state index contributed by atoms with van der Waals surface area (Å²) in [4.78, 5) is 17.1. The molecular formula is C21H19Cl2N5O. The van der Waals surface area contributed by atoms with Crippen molar-refractivity contribution in [3.8, 4) is 5.69 Å². The van der Waals surface area contributed by atoms with E-state index >= 15 is 0 Å². The number of carbonyl (C=O) groups is 1. The maximum Gasteiger partial charge on any atom is 0.271 e. The smallest absolute Gasteiger partial charge is 0.271 e. The van der Waals surface area contributed by atoms with Gasteiger partial charge in [-0.1, -0.05) is 35.3 Å². The van der Waals surface area contributed by atoms with Gasteiger partial charge in [0.05, 0.1) is 26.8 Å². The summed E-state index contributed by atoms with van der Waals surface area (Å²) in [6, 6.07) is 14.9. The Labute approximate surface area is 178 Å². The number of carbonyl (C=O) groups excluding carboxylic acids is 1. The zero-order valence-electron chi connectivity index (χ0n) is 15.8. The van der Waals surface area contributed by atoms with Crippen LogP contribution in [0, 0.1) is 0 Å². The summed E-state index contributed by atoms with van der Waals surface area (Å²) in [5.74, 6) is 0.721. The number of halogens is 2. The van der Waals surface area contributed by atoms with Gasteiger partial charge in [0, 0.05) is 25.7 Å². The molecule has 4 rings (SSSR count). The summed E-state index contributed by atoms with van der Waals surface area (Å²) >= 11 is 12.0. The molecule has 2 aromatic carbocycles. The molecule has 0 bridgehead atoms. The fourth-order valence-electron chi connectivity index (χ4n) is 3.26. The molecule has 0 aliphatic rings. The molecule has 1 N–H and O–H groups in total. The van der Waals surface area contributed by atoms with Crippen molar-refractivity contribution in [3.63, 3.8) is 0 Å². The fourth-order valence-corrected chi connectivity index (χ4v) is 3.56. The van der Waals surface area contributed by atoms with E-state index in [0.717, 1.165) is 29.1 Å². The summed E-state index contributed by atoms with van der Waals surface area (Å²) in [5.41, 5.74) is 3.14. The van der Waals surface area contributed by atoms with Crippen molar-refractivity contribution in [1.29, 1.82) is 0 Å². The molecule has 0 radical (unpaired) electrons. The Bertz CT molecular complexity index is 1180.